The molecule has 1 aromatic rings. The Bertz CT molecular complexity index is 363. The average Bonchev–Trinajstić information content (AvgIpc) is 2.78. The number of nitriles is 1. The number of nitrogens with zero attached hydrogens (tertiary/aromatic N) is 1. The molecule has 0 aliphatic heterocycles. The van der Waals surface area contributed by atoms with Gasteiger partial charge in [-0.15, -0.1) is 0 Å². The number of ether oxygens (including phenoxy) is 1. The van der Waals surface area contributed by atoms with Gasteiger partial charge < -0.3 is 4.74 Å². The van der Waals surface area contributed by atoms with Gasteiger partial charge in [0.2, 0.25) is 0 Å². The van der Waals surface area contributed by atoms with Gasteiger partial charge in [0.1, 0.15) is 5.75 Å². The van der Waals surface area contributed by atoms with Crippen LogP contribution in [0.15, 0.2) is 24.3 Å². The quantitative estimate of drug-likeness (QED) is 0.736. The lowest BCUT2D eigenvalue weighted by atomic mass is 9.96. The van der Waals surface area contributed by atoms with Crippen LogP contribution < -0.4 is 4.74 Å². The molecule has 1 fully saturated rings. The Morgan fingerprint density at radius 3 is 2.53 bits per heavy atom. The molecule has 0 saturated heterocycles. The molecule has 2 rings (SSSR count). The fourth-order valence-corrected chi connectivity index (χ4v) is 2.28. The Morgan fingerprint density at radius 1 is 1.27 bits per heavy atom. The van der Waals surface area contributed by atoms with E-state index < -0.39 is 0 Å². The highest BCUT2D eigenvalue weighted by Gasteiger charge is 2.25. The van der Waals surface area contributed by atoms with Crippen molar-refractivity contribution in [2.24, 2.45) is 5.92 Å². The van der Waals surface area contributed by atoms with E-state index in [1.54, 1.807) is 7.11 Å². The van der Waals surface area contributed by atoms with Crippen LogP contribution in [-0.2, 0) is 0 Å². The molecule has 1 saturated carbocycles. The molecular formula is C13H15NO. The average molecular weight is 201 g/mol. The van der Waals surface area contributed by atoms with Crippen molar-refractivity contribution in [1.29, 1.82) is 5.26 Å². The van der Waals surface area contributed by atoms with E-state index >= 15 is 0 Å². The van der Waals surface area contributed by atoms with Crippen LogP contribution in [0.5, 0.6) is 5.75 Å². The standard InChI is InChI=1S/C13H15NO/c1-15-13-6-4-11(5-7-13)12-3-2-10(8-12)9-14/h4-7,10,12H,2-3,8H2,1H3/t10-,12+/m1/s1. The minimum absolute atomic E-state index is 0.261. The number of rotatable bonds is 2. The molecule has 0 heterocycles. The lowest BCUT2D eigenvalue weighted by molar-refractivity contribution is 0.414. The van der Waals surface area contributed by atoms with Crippen LogP contribution in [0.3, 0.4) is 0 Å². The van der Waals surface area contributed by atoms with Crippen molar-refractivity contribution in [2.75, 3.05) is 7.11 Å². The first-order valence-electron chi connectivity index (χ1n) is 5.37. The van der Waals surface area contributed by atoms with Crippen LogP contribution in [0.1, 0.15) is 30.7 Å². The molecule has 0 N–H and O–H groups in total. The molecule has 1 aromatic carbocycles. The molecule has 2 atom stereocenters. The summed E-state index contributed by atoms with van der Waals surface area (Å²) in [5.41, 5.74) is 1.34. The van der Waals surface area contributed by atoms with E-state index in [-0.39, 0.29) is 5.92 Å². The van der Waals surface area contributed by atoms with Gasteiger partial charge in [-0.2, -0.15) is 5.26 Å². The molecule has 0 spiro atoms. The van der Waals surface area contributed by atoms with E-state index in [0.717, 1.165) is 25.0 Å². The Hall–Kier alpha value is -1.49. The summed E-state index contributed by atoms with van der Waals surface area (Å²) in [6.45, 7) is 0. The maximum absolute atomic E-state index is 8.84. The van der Waals surface area contributed by atoms with Gasteiger partial charge in [-0.05, 0) is 42.9 Å². The summed E-state index contributed by atoms with van der Waals surface area (Å²) >= 11 is 0. The third kappa shape index (κ3) is 2.12. The van der Waals surface area contributed by atoms with Crippen molar-refractivity contribution in [3.8, 4) is 11.8 Å². The molecule has 78 valence electrons. The van der Waals surface area contributed by atoms with Crippen molar-refractivity contribution in [1.82, 2.24) is 0 Å². The number of benzene rings is 1. The molecule has 0 amide bonds. The highest BCUT2D eigenvalue weighted by molar-refractivity contribution is 5.30. The first-order valence-corrected chi connectivity index (χ1v) is 5.37. The van der Waals surface area contributed by atoms with Crippen LogP contribution in [0.25, 0.3) is 0 Å². The van der Waals surface area contributed by atoms with E-state index in [0.29, 0.717) is 5.92 Å². The third-order valence-corrected chi connectivity index (χ3v) is 3.20. The van der Waals surface area contributed by atoms with Gasteiger partial charge in [-0.1, -0.05) is 12.1 Å². The number of methoxy groups -OCH3 is 1. The van der Waals surface area contributed by atoms with E-state index in [4.69, 9.17) is 10.00 Å². The molecule has 2 nitrogen and oxygen atoms in total. The molecule has 0 unspecified atom stereocenters. The minimum atomic E-state index is 0.261. The van der Waals surface area contributed by atoms with E-state index in [1.165, 1.54) is 5.56 Å². The van der Waals surface area contributed by atoms with Gasteiger partial charge in [-0.25, -0.2) is 0 Å². The molecule has 2 heteroatoms. The number of hydrogen-bond acceptors (Lipinski definition) is 2. The summed E-state index contributed by atoms with van der Waals surface area (Å²) in [5.74, 6) is 1.73. The molecule has 0 bridgehead atoms. The minimum Gasteiger partial charge on any atom is -0.497 e. The van der Waals surface area contributed by atoms with Crippen molar-refractivity contribution in [3.05, 3.63) is 29.8 Å². The zero-order chi connectivity index (χ0) is 10.7. The van der Waals surface area contributed by atoms with Crippen LogP contribution >= 0.6 is 0 Å². The highest BCUT2D eigenvalue weighted by atomic mass is 16.5. The first-order chi connectivity index (χ1) is 7.33. The summed E-state index contributed by atoms with van der Waals surface area (Å²) in [7, 11) is 1.68. The summed E-state index contributed by atoms with van der Waals surface area (Å²) in [6, 6.07) is 10.6. The lowest BCUT2D eigenvalue weighted by Gasteiger charge is -2.09. The predicted molar refractivity (Wildman–Crippen MR) is 58.7 cm³/mol. The van der Waals surface area contributed by atoms with E-state index in [9.17, 15) is 0 Å². The van der Waals surface area contributed by atoms with Gasteiger partial charge in [0.25, 0.3) is 0 Å². The maximum Gasteiger partial charge on any atom is 0.118 e. The molecule has 15 heavy (non-hydrogen) atoms. The first kappa shape index (κ1) is 10.0. The van der Waals surface area contributed by atoms with Crippen molar-refractivity contribution in [3.63, 3.8) is 0 Å². The molecule has 1 aliphatic carbocycles. The maximum atomic E-state index is 8.84. The number of hydrogen-bond donors (Lipinski definition) is 0. The Balaban J connectivity index is 2.08. The Kier molecular flexibility index (Phi) is 2.91. The van der Waals surface area contributed by atoms with Gasteiger partial charge >= 0.3 is 0 Å². The Labute approximate surface area is 90.5 Å². The molecular weight excluding hydrogens is 186 g/mol. The van der Waals surface area contributed by atoms with Crippen LogP contribution in [0, 0.1) is 17.2 Å². The Morgan fingerprint density at radius 2 is 2.00 bits per heavy atom. The lowest BCUT2D eigenvalue weighted by Crippen LogP contribution is -1.94. The van der Waals surface area contributed by atoms with Gasteiger partial charge in [-0.3, -0.25) is 0 Å². The summed E-state index contributed by atoms with van der Waals surface area (Å²) in [6.07, 6.45) is 3.21. The smallest absolute Gasteiger partial charge is 0.118 e. The SMILES string of the molecule is COc1ccc([C@H]2CC[C@@H](C#N)C2)cc1. The van der Waals surface area contributed by atoms with Crippen LogP contribution in [0.4, 0.5) is 0 Å². The van der Waals surface area contributed by atoms with Gasteiger partial charge in [0, 0.05) is 5.92 Å². The van der Waals surface area contributed by atoms with Crippen molar-refractivity contribution in [2.45, 2.75) is 25.2 Å². The van der Waals surface area contributed by atoms with Crippen molar-refractivity contribution >= 4 is 0 Å². The second kappa shape index (κ2) is 4.35. The fourth-order valence-electron chi connectivity index (χ4n) is 2.28. The fraction of sp³-hybridized carbons (Fsp3) is 0.462. The van der Waals surface area contributed by atoms with E-state index in [1.807, 2.05) is 12.1 Å². The summed E-state index contributed by atoms with van der Waals surface area (Å²) in [5, 5.41) is 8.84. The summed E-state index contributed by atoms with van der Waals surface area (Å²) < 4.78 is 5.12. The molecule has 0 aromatic heterocycles. The monoisotopic (exact) mass is 201 g/mol. The largest absolute Gasteiger partial charge is 0.497 e. The van der Waals surface area contributed by atoms with Gasteiger partial charge in [0.05, 0.1) is 13.2 Å². The van der Waals surface area contributed by atoms with E-state index in [2.05, 4.69) is 18.2 Å². The molecule has 1 aliphatic rings. The topological polar surface area (TPSA) is 33.0 Å². The summed E-state index contributed by atoms with van der Waals surface area (Å²) in [4.78, 5) is 0. The zero-order valence-corrected chi connectivity index (χ0v) is 8.94. The normalized spacial score (nSPS) is 24.8. The van der Waals surface area contributed by atoms with Crippen LogP contribution in [0.2, 0.25) is 0 Å². The van der Waals surface area contributed by atoms with Gasteiger partial charge in [0.15, 0.2) is 0 Å². The third-order valence-electron chi connectivity index (χ3n) is 3.20. The predicted octanol–water partition coefficient (Wildman–Crippen LogP) is 3.10. The molecule has 0 radical (unpaired) electrons. The highest BCUT2D eigenvalue weighted by Crippen LogP contribution is 2.38. The second-order valence-electron chi connectivity index (χ2n) is 4.11. The zero-order valence-electron chi connectivity index (χ0n) is 8.94. The van der Waals surface area contributed by atoms with Crippen molar-refractivity contribution < 1.29 is 4.74 Å². The van der Waals surface area contributed by atoms with Crippen LogP contribution in [-0.4, -0.2) is 7.11 Å². The second-order valence-corrected chi connectivity index (χ2v) is 4.11.